The molecule has 6 nitrogen and oxygen atoms in total. The molecular formula is C20H24ClN5O. The normalized spacial score (nSPS) is 11.3. The quantitative estimate of drug-likeness (QED) is 0.646. The number of benzene rings is 1. The van der Waals surface area contributed by atoms with E-state index in [1.165, 1.54) is 0 Å². The van der Waals surface area contributed by atoms with Gasteiger partial charge < -0.3 is 10.2 Å². The van der Waals surface area contributed by atoms with Crippen LogP contribution in [0, 0.1) is 0 Å². The molecule has 0 spiro atoms. The van der Waals surface area contributed by atoms with Crippen LogP contribution in [0.15, 0.2) is 42.6 Å². The largest absolute Gasteiger partial charge is 0.353 e. The molecule has 0 fully saturated rings. The van der Waals surface area contributed by atoms with E-state index < -0.39 is 0 Å². The predicted octanol–water partition coefficient (Wildman–Crippen LogP) is 3.21. The van der Waals surface area contributed by atoms with E-state index in [0.29, 0.717) is 23.0 Å². The highest BCUT2D eigenvalue weighted by Crippen LogP contribution is 2.24. The van der Waals surface area contributed by atoms with Gasteiger partial charge in [0.15, 0.2) is 5.65 Å². The summed E-state index contributed by atoms with van der Waals surface area (Å²) in [6.45, 7) is 7.82. The second-order valence-corrected chi connectivity index (χ2v) is 6.69. The number of likely N-dealkylation sites (N-methyl/N-ethyl adjacent to an activating group) is 1. The number of nitrogens with zero attached hydrogens (tertiary/aromatic N) is 4. The molecule has 0 saturated heterocycles. The Balaban J connectivity index is 1.81. The fourth-order valence-electron chi connectivity index (χ4n) is 3.02. The lowest BCUT2D eigenvalue weighted by Crippen LogP contribution is -2.36. The minimum Gasteiger partial charge on any atom is -0.353 e. The molecule has 0 unspecified atom stereocenters. The highest BCUT2D eigenvalue weighted by molar-refractivity contribution is 6.30. The lowest BCUT2D eigenvalue weighted by atomic mass is 10.2. The van der Waals surface area contributed by atoms with Gasteiger partial charge in [-0.05, 0) is 49.5 Å². The zero-order valence-electron chi connectivity index (χ0n) is 15.7. The number of hydrogen-bond donors (Lipinski definition) is 1. The number of aromatic nitrogens is 3. The Morgan fingerprint density at radius 3 is 2.63 bits per heavy atom. The number of pyridine rings is 1. The lowest BCUT2D eigenvalue weighted by Gasteiger charge is -2.18. The van der Waals surface area contributed by atoms with Crippen molar-refractivity contribution in [3.8, 4) is 11.4 Å². The lowest BCUT2D eigenvalue weighted by molar-refractivity contribution is -0.121. The van der Waals surface area contributed by atoms with Crippen molar-refractivity contribution in [1.82, 2.24) is 24.8 Å². The first kappa shape index (κ1) is 19.3. The number of carbonyl (C=O) groups is 1. The third-order valence-electron chi connectivity index (χ3n) is 4.55. The molecule has 0 saturated carbocycles. The molecule has 0 aliphatic carbocycles. The number of amides is 1. The molecule has 2 heterocycles. The standard InChI is InChI=1S/C20H24ClN5O/c1-3-25(4-2)13-12-22-18(27)14-26-19(15-7-9-16(21)10-8-15)24-17-6-5-11-23-20(17)26/h5-11H,3-4,12-14H2,1-2H3,(H,22,27). The van der Waals surface area contributed by atoms with E-state index in [2.05, 4.69) is 34.0 Å². The summed E-state index contributed by atoms with van der Waals surface area (Å²) in [4.78, 5) is 23.9. The summed E-state index contributed by atoms with van der Waals surface area (Å²) in [5.41, 5.74) is 2.35. The van der Waals surface area contributed by atoms with E-state index in [1.807, 2.05) is 41.0 Å². The Morgan fingerprint density at radius 1 is 1.19 bits per heavy atom. The number of halogens is 1. The first-order valence-corrected chi connectivity index (χ1v) is 9.56. The van der Waals surface area contributed by atoms with Gasteiger partial charge in [-0.1, -0.05) is 25.4 Å². The molecule has 3 aromatic rings. The van der Waals surface area contributed by atoms with E-state index in [4.69, 9.17) is 11.6 Å². The Bertz CT molecular complexity index is 902. The summed E-state index contributed by atoms with van der Waals surface area (Å²) >= 11 is 6.00. The zero-order chi connectivity index (χ0) is 19.2. The Labute approximate surface area is 164 Å². The predicted molar refractivity (Wildman–Crippen MR) is 109 cm³/mol. The molecule has 2 aromatic heterocycles. The summed E-state index contributed by atoms with van der Waals surface area (Å²) in [5, 5.41) is 3.66. The van der Waals surface area contributed by atoms with Gasteiger partial charge in [0.05, 0.1) is 0 Å². The maximum Gasteiger partial charge on any atom is 0.240 e. The van der Waals surface area contributed by atoms with Gasteiger partial charge in [0.2, 0.25) is 5.91 Å². The number of rotatable bonds is 8. The van der Waals surface area contributed by atoms with Gasteiger partial charge in [-0.2, -0.15) is 0 Å². The molecule has 0 atom stereocenters. The van der Waals surface area contributed by atoms with E-state index in [1.54, 1.807) is 6.20 Å². The first-order chi connectivity index (χ1) is 13.1. The molecule has 0 aliphatic heterocycles. The van der Waals surface area contributed by atoms with Crippen molar-refractivity contribution in [3.63, 3.8) is 0 Å². The van der Waals surface area contributed by atoms with Crippen molar-refractivity contribution in [2.24, 2.45) is 0 Å². The monoisotopic (exact) mass is 385 g/mol. The summed E-state index contributed by atoms with van der Waals surface area (Å²) in [6, 6.07) is 11.2. The van der Waals surface area contributed by atoms with Gasteiger partial charge in [0, 0.05) is 29.9 Å². The first-order valence-electron chi connectivity index (χ1n) is 9.18. The molecule has 1 aromatic carbocycles. The van der Waals surface area contributed by atoms with Crippen molar-refractivity contribution in [3.05, 3.63) is 47.6 Å². The molecule has 1 amide bonds. The third kappa shape index (κ3) is 4.64. The van der Waals surface area contributed by atoms with Gasteiger partial charge in [-0.3, -0.25) is 9.36 Å². The summed E-state index contributed by atoms with van der Waals surface area (Å²) in [5.74, 6) is 0.654. The smallest absolute Gasteiger partial charge is 0.240 e. The molecule has 27 heavy (non-hydrogen) atoms. The molecule has 0 radical (unpaired) electrons. The van der Waals surface area contributed by atoms with Gasteiger partial charge in [0.25, 0.3) is 0 Å². The molecular weight excluding hydrogens is 362 g/mol. The minimum absolute atomic E-state index is 0.0534. The van der Waals surface area contributed by atoms with Crippen LogP contribution in [0.2, 0.25) is 5.02 Å². The van der Waals surface area contributed by atoms with Crippen LogP contribution in [0.5, 0.6) is 0 Å². The fraction of sp³-hybridized carbons (Fsp3) is 0.350. The molecule has 0 aliphatic rings. The van der Waals surface area contributed by atoms with Crippen molar-refractivity contribution in [2.75, 3.05) is 26.2 Å². The molecule has 0 bridgehead atoms. The van der Waals surface area contributed by atoms with E-state index in [-0.39, 0.29) is 12.5 Å². The SMILES string of the molecule is CCN(CC)CCNC(=O)Cn1c(-c2ccc(Cl)cc2)nc2cccnc21. The Hall–Kier alpha value is -2.44. The zero-order valence-corrected chi connectivity index (χ0v) is 16.4. The third-order valence-corrected chi connectivity index (χ3v) is 4.80. The van der Waals surface area contributed by atoms with Crippen LogP contribution in [-0.2, 0) is 11.3 Å². The van der Waals surface area contributed by atoms with E-state index in [0.717, 1.165) is 30.7 Å². The summed E-state index contributed by atoms with van der Waals surface area (Å²) in [6.07, 6.45) is 1.71. The van der Waals surface area contributed by atoms with Crippen molar-refractivity contribution < 1.29 is 4.79 Å². The van der Waals surface area contributed by atoms with Crippen LogP contribution in [0.1, 0.15) is 13.8 Å². The van der Waals surface area contributed by atoms with Gasteiger partial charge in [-0.15, -0.1) is 0 Å². The van der Waals surface area contributed by atoms with Gasteiger partial charge >= 0.3 is 0 Å². The highest BCUT2D eigenvalue weighted by Gasteiger charge is 2.16. The van der Waals surface area contributed by atoms with Gasteiger partial charge in [0.1, 0.15) is 17.9 Å². The molecule has 3 rings (SSSR count). The number of imidazole rings is 1. The van der Waals surface area contributed by atoms with Gasteiger partial charge in [-0.25, -0.2) is 9.97 Å². The van der Waals surface area contributed by atoms with Crippen molar-refractivity contribution in [1.29, 1.82) is 0 Å². The van der Waals surface area contributed by atoms with Crippen LogP contribution < -0.4 is 5.32 Å². The van der Waals surface area contributed by atoms with Crippen LogP contribution in [0.3, 0.4) is 0 Å². The minimum atomic E-state index is -0.0534. The van der Waals surface area contributed by atoms with Crippen LogP contribution >= 0.6 is 11.6 Å². The summed E-state index contributed by atoms with van der Waals surface area (Å²) < 4.78 is 1.85. The Morgan fingerprint density at radius 2 is 1.93 bits per heavy atom. The Kier molecular flexibility index (Phi) is 6.42. The number of carbonyl (C=O) groups excluding carboxylic acids is 1. The van der Waals surface area contributed by atoms with Crippen LogP contribution in [-0.4, -0.2) is 51.5 Å². The van der Waals surface area contributed by atoms with E-state index >= 15 is 0 Å². The van der Waals surface area contributed by atoms with Crippen molar-refractivity contribution >= 4 is 28.7 Å². The van der Waals surface area contributed by atoms with Crippen molar-refractivity contribution in [2.45, 2.75) is 20.4 Å². The number of hydrogen-bond acceptors (Lipinski definition) is 4. The molecule has 142 valence electrons. The number of fused-ring (bicyclic) bond motifs is 1. The fourth-order valence-corrected chi connectivity index (χ4v) is 3.15. The topological polar surface area (TPSA) is 63.1 Å². The average molecular weight is 386 g/mol. The summed E-state index contributed by atoms with van der Waals surface area (Å²) in [7, 11) is 0. The van der Waals surface area contributed by atoms with Crippen LogP contribution in [0.4, 0.5) is 0 Å². The highest BCUT2D eigenvalue weighted by atomic mass is 35.5. The molecule has 7 heteroatoms. The van der Waals surface area contributed by atoms with Crippen LogP contribution in [0.25, 0.3) is 22.6 Å². The average Bonchev–Trinajstić information content (AvgIpc) is 3.04. The van der Waals surface area contributed by atoms with E-state index in [9.17, 15) is 4.79 Å². The maximum absolute atomic E-state index is 12.5. The second-order valence-electron chi connectivity index (χ2n) is 6.25. The maximum atomic E-state index is 12.5. The second kappa shape index (κ2) is 8.97. The molecule has 1 N–H and O–H groups in total. The number of nitrogens with one attached hydrogen (secondary N) is 1.